The first-order valence-electron chi connectivity index (χ1n) is 6.97. The average Bonchev–Trinajstić information content (AvgIpc) is 3.00. The smallest absolute Gasteiger partial charge is 0.182 e. The summed E-state index contributed by atoms with van der Waals surface area (Å²) in [5, 5.41) is 4.46. The molecule has 0 saturated heterocycles. The highest BCUT2D eigenvalue weighted by atomic mass is 15.0. The lowest BCUT2D eigenvalue weighted by Crippen LogP contribution is -2.03. The maximum absolute atomic E-state index is 5.68. The Labute approximate surface area is 126 Å². The number of nitrogens with two attached hydrogens (primary N) is 1. The molecule has 108 valence electrons. The summed E-state index contributed by atoms with van der Waals surface area (Å²) in [5.41, 5.74) is 9.24. The first-order chi connectivity index (χ1) is 10.8. The number of rotatable bonds is 3. The van der Waals surface area contributed by atoms with Crippen molar-refractivity contribution in [1.82, 2.24) is 19.9 Å². The number of fused-ring (bicyclic) bond motifs is 2. The minimum atomic E-state index is 0.441. The third kappa shape index (κ3) is 2.31. The Morgan fingerprint density at radius 3 is 3.00 bits per heavy atom. The molecule has 6 nitrogen and oxygen atoms in total. The molecule has 22 heavy (non-hydrogen) atoms. The predicted octanol–water partition coefficient (Wildman–Crippen LogP) is 2.70. The molecule has 0 aliphatic rings. The van der Waals surface area contributed by atoms with E-state index in [9.17, 15) is 0 Å². The van der Waals surface area contributed by atoms with Crippen molar-refractivity contribution in [1.29, 1.82) is 0 Å². The number of nitrogens with one attached hydrogen (secondary N) is 2. The van der Waals surface area contributed by atoms with E-state index in [2.05, 4.69) is 49.5 Å². The Bertz CT molecular complexity index is 959. The molecule has 0 saturated carbocycles. The lowest BCUT2D eigenvalue weighted by molar-refractivity contribution is 1.10. The molecule has 3 heterocycles. The molecule has 4 aromatic rings. The largest absolute Gasteiger partial charge is 0.384 e. The van der Waals surface area contributed by atoms with Crippen LogP contribution in [0.3, 0.4) is 0 Å². The number of hydrogen-bond acceptors (Lipinski definition) is 5. The Morgan fingerprint density at radius 1 is 1.09 bits per heavy atom. The van der Waals surface area contributed by atoms with E-state index in [1.807, 2.05) is 12.3 Å². The van der Waals surface area contributed by atoms with Crippen molar-refractivity contribution in [2.45, 2.75) is 6.54 Å². The Kier molecular flexibility index (Phi) is 2.86. The number of benzene rings is 1. The molecule has 6 heteroatoms. The Hall–Kier alpha value is -3.15. The van der Waals surface area contributed by atoms with Gasteiger partial charge in [0.2, 0.25) is 0 Å². The molecular weight excluding hydrogens is 276 g/mol. The number of aromatic amines is 1. The molecule has 0 bridgehead atoms. The maximum Gasteiger partial charge on any atom is 0.182 e. The first kappa shape index (κ1) is 12.6. The molecule has 1 aromatic carbocycles. The molecule has 0 aliphatic heterocycles. The number of nitrogens with zero attached hydrogens (tertiary/aromatic N) is 3. The monoisotopic (exact) mass is 290 g/mol. The summed E-state index contributed by atoms with van der Waals surface area (Å²) in [6.07, 6.45) is 3.64. The second-order valence-corrected chi connectivity index (χ2v) is 5.09. The topological polar surface area (TPSA) is 92.5 Å². The van der Waals surface area contributed by atoms with Gasteiger partial charge in [0, 0.05) is 18.3 Å². The Morgan fingerprint density at radius 2 is 2.05 bits per heavy atom. The van der Waals surface area contributed by atoms with Gasteiger partial charge in [-0.05, 0) is 35.2 Å². The zero-order valence-corrected chi connectivity index (χ0v) is 11.7. The minimum absolute atomic E-state index is 0.441. The zero-order valence-electron chi connectivity index (χ0n) is 11.7. The van der Waals surface area contributed by atoms with E-state index in [4.69, 9.17) is 5.73 Å². The summed E-state index contributed by atoms with van der Waals surface area (Å²) in [5.74, 6) is 1.12. The van der Waals surface area contributed by atoms with Gasteiger partial charge in [-0.3, -0.25) is 0 Å². The summed E-state index contributed by atoms with van der Waals surface area (Å²) >= 11 is 0. The van der Waals surface area contributed by atoms with Gasteiger partial charge in [-0.15, -0.1) is 0 Å². The highest BCUT2D eigenvalue weighted by Gasteiger charge is 2.02. The highest BCUT2D eigenvalue weighted by molar-refractivity contribution is 5.80. The van der Waals surface area contributed by atoms with Gasteiger partial charge in [-0.2, -0.15) is 0 Å². The SMILES string of the molecule is Nc1ccc2ncc(NCc3ccc4cc[nH]c4c3)nc2n1. The van der Waals surface area contributed by atoms with Gasteiger partial charge in [0.1, 0.15) is 17.2 Å². The molecular formula is C16H14N6. The van der Waals surface area contributed by atoms with Crippen molar-refractivity contribution in [3.63, 3.8) is 0 Å². The average molecular weight is 290 g/mol. The van der Waals surface area contributed by atoms with Gasteiger partial charge >= 0.3 is 0 Å². The van der Waals surface area contributed by atoms with Crippen molar-refractivity contribution < 1.29 is 0 Å². The van der Waals surface area contributed by atoms with E-state index in [0.717, 1.165) is 16.6 Å². The quantitative estimate of drug-likeness (QED) is 0.539. The summed E-state index contributed by atoms with van der Waals surface area (Å²) in [6, 6.07) is 11.9. The Balaban J connectivity index is 1.57. The van der Waals surface area contributed by atoms with Crippen LogP contribution >= 0.6 is 0 Å². The van der Waals surface area contributed by atoms with Crippen molar-refractivity contribution in [3.05, 3.63) is 54.4 Å². The number of anilines is 2. The van der Waals surface area contributed by atoms with Crippen LogP contribution in [0, 0.1) is 0 Å². The van der Waals surface area contributed by atoms with Crippen molar-refractivity contribution >= 4 is 33.7 Å². The zero-order chi connectivity index (χ0) is 14.9. The third-order valence-electron chi connectivity index (χ3n) is 3.52. The van der Waals surface area contributed by atoms with Gasteiger partial charge in [0.25, 0.3) is 0 Å². The van der Waals surface area contributed by atoms with Crippen LogP contribution in [0.15, 0.2) is 48.8 Å². The van der Waals surface area contributed by atoms with Gasteiger partial charge < -0.3 is 16.0 Å². The van der Waals surface area contributed by atoms with Crippen molar-refractivity contribution in [3.8, 4) is 0 Å². The lowest BCUT2D eigenvalue weighted by atomic mass is 10.1. The van der Waals surface area contributed by atoms with Crippen LogP contribution in [0.1, 0.15) is 5.56 Å². The van der Waals surface area contributed by atoms with Crippen LogP contribution in [0.5, 0.6) is 0 Å². The minimum Gasteiger partial charge on any atom is -0.384 e. The van der Waals surface area contributed by atoms with Crippen molar-refractivity contribution in [2.75, 3.05) is 11.1 Å². The lowest BCUT2D eigenvalue weighted by Gasteiger charge is -2.06. The molecule has 0 amide bonds. The third-order valence-corrected chi connectivity index (χ3v) is 3.52. The maximum atomic E-state index is 5.68. The molecule has 0 fully saturated rings. The summed E-state index contributed by atoms with van der Waals surface area (Å²) in [7, 11) is 0. The van der Waals surface area contributed by atoms with E-state index in [1.54, 1.807) is 12.3 Å². The fourth-order valence-electron chi connectivity index (χ4n) is 2.40. The summed E-state index contributed by atoms with van der Waals surface area (Å²) < 4.78 is 0. The van der Waals surface area contributed by atoms with E-state index in [-0.39, 0.29) is 0 Å². The van der Waals surface area contributed by atoms with E-state index >= 15 is 0 Å². The van der Waals surface area contributed by atoms with Crippen LogP contribution < -0.4 is 11.1 Å². The molecule has 0 spiro atoms. The standard InChI is InChI=1S/C16H14N6/c17-14-4-3-12-16(21-14)22-15(9-19-12)20-8-10-1-2-11-5-6-18-13(11)7-10/h1-7,9,18H,8H2,(H3,17,20,21,22). The van der Waals surface area contributed by atoms with Crippen LogP contribution in [0.25, 0.3) is 22.1 Å². The van der Waals surface area contributed by atoms with Crippen LogP contribution in [-0.2, 0) is 6.54 Å². The van der Waals surface area contributed by atoms with Crippen LogP contribution in [0.4, 0.5) is 11.6 Å². The van der Waals surface area contributed by atoms with E-state index in [1.165, 1.54) is 5.39 Å². The molecule has 0 atom stereocenters. The molecule has 4 N–H and O–H groups in total. The molecule has 0 radical (unpaired) electrons. The fourth-order valence-corrected chi connectivity index (χ4v) is 2.40. The second-order valence-electron chi connectivity index (χ2n) is 5.09. The number of H-pyrrole nitrogens is 1. The normalized spacial score (nSPS) is 11.1. The second kappa shape index (κ2) is 5.00. The number of pyridine rings is 1. The molecule has 3 aromatic heterocycles. The van der Waals surface area contributed by atoms with Crippen LogP contribution in [0.2, 0.25) is 0 Å². The van der Waals surface area contributed by atoms with Crippen LogP contribution in [-0.4, -0.2) is 19.9 Å². The number of hydrogen-bond donors (Lipinski definition) is 3. The predicted molar refractivity (Wildman–Crippen MR) is 87.4 cm³/mol. The highest BCUT2D eigenvalue weighted by Crippen LogP contribution is 2.16. The first-order valence-corrected chi connectivity index (χ1v) is 6.97. The fraction of sp³-hybridized carbons (Fsp3) is 0.0625. The molecule has 4 rings (SSSR count). The molecule has 0 aliphatic carbocycles. The van der Waals surface area contributed by atoms with Crippen molar-refractivity contribution in [2.24, 2.45) is 0 Å². The summed E-state index contributed by atoms with van der Waals surface area (Å²) in [4.78, 5) is 16.2. The van der Waals surface area contributed by atoms with Gasteiger partial charge in [-0.25, -0.2) is 15.0 Å². The summed E-state index contributed by atoms with van der Waals surface area (Å²) in [6.45, 7) is 0.664. The number of nitrogen functional groups attached to an aromatic ring is 1. The molecule has 0 unspecified atom stereocenters. The van der Waals surface area contributed by atoms with E-state index in [0.29, 0.717) is 23.8 Å². The van der Waals surface area contributed by atoms with Gasteiger partial charge in [0.05, 0.1) is 6.20 Å². The van der Waals surface area contributed by atoms with E-state index < -0.39 is 0 Å². The van der Waals surface area contributed by atoms with Gasteiger partial charge in [0.15, 0.2) is 5.65 Å². The van der Waals surface area contributed by atoms with Gasteiger partial charge in [-0.1, -0.05) is 12.1 Å². The number of aromatic nitrogens is 4.